The van der Waals surface area contributed by atoms with Crippen LogP contribution in [0.3, 0.4) is 0 Å². The highest BCUT2D eigenvalue weighted by Gasteiger charge is 2.20. The largest absolute Gasteiger partial charge is 0.493 e. The summed E-state index contributed by atoms with van der Waals surface area (Å²) in [6, 6.07) is 3.37. The maximum absolute atomic E-state index is 12.3. The third-order valence-corrected chi connectivity index (χ3v) is 3.67. The summed E-state index contributed by atoms with van der Waals surface area (Å²) in [5.41, 5.74) is 8.05. The van der Waals surface area contributed by atoms with E-state index in [9.17, 15) is 4.79 Å². The second-order valence-electron chi connectivity index (χ2n) is 6.06. The first-order valence-electron chi connectivity index (χ1n) is 7.52. The predicted octanol–water partition coefficient (Wildman–Crippen LogP) is 2.34. The molecule has 1 atom stereocenters. The fourth-order valence-electron chi connectivity index (χ4n) is 2.42. The molecule has 2 N–H and O–H groups in total. The minimum absolute atomic E-state index is 0.0390. The Bertz CT molecular complexity index is 515. The lowest BCUT2D eigenvalue weighted by atomic mass is 10.0. The van der Waals surface area contributed by atoms with Crippen molar-refractivity contribution in [3.8, 4) is 11.5 Å². The Morgan fingerprint density at radius 2 is 1.77 bits per heavy atom. The van der Waals surface area contributed by atoms with Gasteiger partial charge in [-0.25, -0.2) is 0 Å². The van der Waals surface area contributed by atoms with E-state index in [2.05, 4.69) is 13.8 Å². The summed E-state index contributed by atoms with van der Waals surface area (Å²) in [5, 5.41) is 0. The zero-order valence-corrected chi connectivity index (χ0v) is 14.5. The van der Waals surface area contributed by atoms with Crippen LogP contribution in [0.25, 0.3) is 0 Å². The van der Waals surface area contributed by atoms with Crippen LogP contribution in [0, 0.1) is 12.8 Å². The van der Waals surface area contributed by atoms with Crippen molar-refractivity contribution in [2.45, 2.75) is 39.8 Å². The minimum atomic E-state index is -0.453. The average Bonchev–Trinajstić information content (AvgIpc) is 2.47. The first-order valence-corrected chi connectivity index (χ1v) is 7.52. The van der Waals surface area contributed by atoms with Gasteiger partial charge in [-0.1, -0.05) is 13.8 Å². The standard InChI is InChI=1S/C17H28N2O3/c1-11(2)7-14(18)17(20)19(4)10-13-9-16(22-6)15(21-5)8-12(13)3/h8-9,11,14H,7,10,18H2,1-6H3/t14-/m0/s1. The molecule has 5 nitrogen and oxygen atoms in total. The van der Waals surface area contributed by atoms with Gasteiger partial charge in [0, 0.05) is 13.6 Å². The van der Waals surface area contributed by atoms with E-state index in [1.165, 1.54) is 0 Å². The number of methoxy groups -OCH3 is 2. The number of likely N-dealkylation sites (N-methyl/N-ethyl adjacent to an activating group) is 1. The molecule has 0 aliphatic rings. The summed E-state index contributed by atoms with van der Waals surface area (Å²) in [4.78, 5) is 14.0. The lowest BCUT2D eigenvalue weighted by Crippen LogP contribution is -2.42. The summed E-state index contributed by atoms with van der Waals surface area (Å²) in [6.07, 6.45) is 0.689. The summed E-state index contributed by atoms with van der Waals surface area (Å²) in [6.45, 7) is 6.61. The van der Waals surface area contributed by atoms with E-state index >= 15 is 0 Å². The van der Waals surface area contributed by atoms with Gasteiger partial charge in [0.2, 0.25) is 5.91 Å². The monoisotopic (exact) mass is 308 g/mol. The number of carbonyl (C=O) groups excluding carboxylic acids is 1. The van der Waals surface area contributed by atoms with Gasteiger partial charge in [0.15, 0.2) is 11.5 Å². The zero-order chi connectivity index (χ0) is 16.9. The van der Waals surface area contributed by atoms with Crippen LogP contribution in [0.4, 0.5) is 0 Å². The molecular weight excluding hydrogens is 280 g/mol. The molecule has 5 heteroatoms. The highest BCUT2D eigenvalue weighted by molar-refractivity contribution is 5.81. The molecule has 0 unspecified atom stereocenters. The molecule has 0 aromatic heterocycles. The molecule has 0 spiro atoms. The van der Waals surface area contributed by atoms with Crippen LogP contribution in [0.1, 0.15) is 31.4 Å². The molecule has 1 rings (SSSR count). The Morgan fingerprint density at radius 3 is 2.27 bits per heavy atom. The van der Waals surface area contributed by atoms with E-state index in [0.29, 0.717) is 30.4 Å². The number of benzene rings is 1. The lowest BCUT2D eigenvalue weighted by molar-refractivity contribution is -0.132. The highest BCUT2D eigenvalue weighted by atomic mass is 16.5. The zero-order valence-electron chi connectivity index (χ0n) is 14.5. The molecule has 0 bridgehead atoms. The number of aryl methyl sites for hydroxylation is 1. The molecule has 22 heavy (non-hydrogen) atoms. The van der Waals surface area contributed by atoms with Crippen LogP contribution in [0.5, 0.6) is 11.5 Å². The normalized spacial score (nSPS) is 12.2. The molecule has 0 aliphatic carbocycles. The van der Waals surface area contributed by atoms with E-state index in [-0.39, 0.29) is 5.91 Å². The van der Waals surface area contributed by atoms with Gasteiger partial charge < -0.3 is 20.1 Å². The molecule has 0 saturated heterocycles. The topological polar surface area (TPSA) is 64.8 Å². The van der Waals surface area contributed by atoms with Crippen LogP contribution >= 0.6 is 0 Å². The van der Waals surface area contributed by atoms with Crippen LogP contribution in [0.2, 0.25) is 0 Å². The van der Waals surface area contributed by atoms with Crippen LogP contribution in [0.15, 0.2) is 12.1 Å². The molecule has 1 aromatic rings. The van der Waals surface area contributed by atoms with Crippen molar-refractivity contribution in [2.75, 3.05) is 21.3 Å². The summed E-state index contributed by atoms with van der Waals surface area (Å²) < 4.78 is 10.6. The van der Waals surface area contributed by atoms with E-state index in [1.807, 2.05) is 19.1 Å². The summed E-state index contributed by atoms with van der Waals surface area (Å²) >= 11 is 0. The average molecular weight is 308 g/mol. The highest BCUT2D eigenvalue weighted by Crippen LogP contribution is 2.30. The second-order valence-corrected chi connectivity index (χ2v) is 6.06. The molecule has 0 radical (unpaired) electrons. The fourth-order valence-corrected chi connectivity index (χ4v) is 2.42. The van der Waals surface area contributed by atoms with Crippen molar-refractivity contribution in [3.63, 3.8) is 0 Å². The van der Waals surface area contributed by atoms with E-state index in [1.54, 1.807) is 26.2 Å². The fraction of sp³-hybridized carbons (Fsp3) is 0.588. The van der Waals surface area contributed by atoms with Crippen molar-refractivity contribution in [3.05, 3.63) is 23.3 Å². The number of ether oxygens (including phenoxy) is 2. The number of hydrogen-bond donors (Lipinski definition) is 1. The molecular formula is C17H28N2O3. The van der Waals surface area contributed by atoms with Crippen molar-refractivity contribution in [1.29, 1.82) is 0 Å². The number of amides is 1. The summed E-state index contributed by atoms with van der Waals surface area (Å²) in [7, 11) is 4.99. The van der Waals surface area contributed by atoms with Gasteiger partial charge in [0.25, 0.3) is 0 Å². The van der Waals surface area contributed by atoms with Crippen LogP contribution < -0.4 is 15.2 Å². The Labute approximate surface area is 133 Å². The molecule has 0 saturated carbocycles. The van der Waals surface area contributed by atoms with Gasteiger partial charge in [-0.2, -0.15) is 0 Å². The first-order chi connectivity index (χ1) is 10.3. The second kappa shape index (κ2) is 8.03. The maximum Gasteiger partial charge on any atom is 0.239 e. The lowest BCUT2D eigenvalue weighted by Gasteiger charge is -2.23. The van der Waals surface area contributed by atoms with Gasteiger partial charge in [0.05, 0.1) is 20.3 Å². The minimum Gasteiger partial charge on any atom is -0.493 e. The van der Waals surface area contributed by atoms with Crippen LogP contribution in [-0.2, 0) is 11.3 Å². The Kier molecular flexibility index (Phi) is 6.68. The molecule has 1 amide bonds. The number of nitrogens with two attached hydrogens (primary N) is 1. The van der Waals surface area contributed by atoms with Gasteiger partial charge in [0.1, 0.15) is 0 Å². The van der Waals surface area contributed by atoms with Gasteiger partial charge in [-0.15, -0.1) is 0 Å². The van der Waals surface area contributed by atoms with Crippen LogP contribution in [-0.4, -0.2) is 38.1 Å². The Hall–Kier alpha value is -1.75. The van der Waals surface area contributed by atoms with Crippen molar-refractivity contribution in [2.24, 2.45) is 11.7 Å². The SMILES string of the molecule is COc1cc(C)c(CN(C)C(=O)[C@@H](N)CC(C)C)cc1OC. The van der Waals surface area contributed by atoms with Crippen molar-refractivity contribution in [1.82, 2.24) is 4.90 Å². The quantitative estimate of drug-likeness (QED) is 0.839. The predicted molar refractivity (Wildman–Crippen MR) is 88.2 cm³/mol. The first kappa shape index (κ1) is 18.3. The molecule has 1 aromatic carbocycles. The van der Waals surface area contributed by atoms with Crippen molar-refractivity contribution >= 4 is 5.91 Å². The van der Waals surface area contributed by atoms with E-state index in [4.69, 9.17) is 15.2 Å². The number of carbonyl (C=O) groups is 1. The molecule has 0 fully saturated rings. The van der Waals surface area contributed by atoms with E-state index < -0.39 is 6.04 Å². The Balaban J connectivity index is 2.87. The van der Waals surface area contributed by atoms with Gasteiger partial charge >= 0.3 is 0 Å². The molecule has 0 aliphatic heterocycles. The van der Waals surface area contributed by atoms with E-state index in [0.717, 1.165) is 11.1 Å². The van der Waals surface area contributed by atoms with Gasteiger partial charge in [-0.3, -0.25) is 4.79 Å². The van der Waals surface area contributed by atoms with Crippen molar-refractivity contribution < 1.29 is 14.3 Å². The molecule has 124 valence electrons. The third kappa shape index (κ3) is 4.63. The number of hydrogen-bond acceptors (Lipinski definition) is 4. The van der Waals surface area contributed by atoms with Gasteiger partial charge in [-0.05, 0) is 42.5 Å². The third-order valence-electron chi connectivity index (χ3n) is 3.67. The molecule has 0 heterocycles. The number of rotatable bonds is 7. The number of nitrogens with zero attached hydrogens (tertiary/aromatic N) is 1. The maximum atomic E-state index is 12.3. The smallest absolute Gasteiger partial charge is 0.239 e. The summed E-state index contributed by atoms with van der Waals surface area (Å²) in [5.74, 6) is 1.71. The Morgan fingerprint density at radius 1 is 1.23 bits per heavy atom.